The maximum atomic E-state index is 12.1. The van der Waals surface area contributed by atoms with Crippen molar-refractivity contribution in [1.82, 2.24) is 4.83 Å². The van der Waals surface area contributed by atoms with Crippen LogP contribution in [0.1, 0.15) is 17.1 Å². The molecule has 0 saturated carbocycles. The molecule has 0 atom stereocenters. The van der Waals surface area contributed by atoms with Gasteiger partial charge in [0.1, 0.15) is 23.9 Å². The number of halogens is 1. The summed E-state index contributed by atoms with van der Waals surface area (Å²) in [6.07, 6.45) is 1.29. The zero-order chi connectivity index (χ0) is 19.3. The van der Waals surface area contributed by atoms with E-state index in [9.17, 15) is 8.42 Å². The first-order chi connectivity index (χ1) is 12.9. The molecule has 0 unspecified atom stereocenters. The Morgan fingerprint density at radius 2 is 1.93 bits per heavy atom. The molecule has 6 nitrogen and oxygen atoms in total. The molecule has 0 spiro atoms. The van der Waals surface area contributed by atoms with Gasteiger partial charge in [-0.3, -0.25) is 0 Å². The molecule has 3 rings (SSSR count). The van der Waals surface area contributed by atoms with Crippen molar-refractivity contribution in [1.29, 1.82) is 0 Å². The van der Waals surface area contributed by atoms with E-state index >= 15 is 0 Å². The minimum absolute atomic E-state index is 0.139. The molecule has 8 heteroatoms. The largest absolute Gasteiger partial charge is 0.486 e. The molecule has 1 heterocycles. The van der Waals surface area contributed by atoms with Crippen molar-refractivity contribution in [3.63, 3.8) is 0 Å². The van der Waals surface area contributed by atoms with Gasteiger partial charge in [0.25, 0.3) is 10.0 Å². The highest BCUT2D eigenvalue weighted by Gasteiger charge is 2.12. The Morgan fingerprint density at radius 3 is 2.67 bits per heavy atom. The minimum atomic E-state index is -3.72. The van der Waals surface area contributed by atoms with Crippen molar-refractivity contribution in [2.45, 2.75) is 18.4 Å². The van der Waals surface area contributed by atoms with Gasteiger partial charge in [-0.1, -0.05) is 35.4 Å². The third-order valence-electron chi connectivity index (χ3n) is 3.56. The van der Waals surface area contributed by atoms with E-state index in [1.54, 1.807) is 48.5 Å². The average molecular weight is 405 g/mol. The molecule has 0 aliphatic heterocycles. The molecule has 0 aliphatic carbocycles. The van der Waals surface area contributed by atoms with Crippen molar-refractivity contribution < 1.29 is 17.6 Å². The summed E-state index contributed by atoms with van der Waals surface area (Å²) in [7, 11) is -3.72. The summed E-state index contributed by atoms with van der Waals surface area (Å²) in [6.45, 7) is 2.09. The Bertz CT molecular complexity index is 1040. The van der Waals surface area contributed by atoms with Gasteiger partial charge in [0.2, 0.25) is 0 Å². The van der Waals surface area contributed by atoms with Gasteiger partial charge in [0.05, 0.1) is 11.1 Å². The monoisotopic (exact) mass is 404 g/mol. The van der Waals surface area contributed by atoms with Gasteiger partial charge < -0.3 is 9.15 Å². The molecule has 0 bridgehead atoms. The normalized spacial score (nSPS) is 11.6. The summed E-state index contributed by atoms with van der Waals surface area (Å²) >= 11 is 5.90. The van der Waals surface area contributed by atoms with Crippen molar-refractivity contribution in [2.75, 3.05) is 0 Å². The number of nitrogens with zero attached hydrogens (tertiary/aromatic N) is 1. The number of hydrazone groups is 1. The number of hydrogen-bond donors (Lipinski definition) is 1. The van der Waals surface area contributed by atoms with E-state index in [-0.39, 0.29) is 11.5 Å². The molecule has 0 saturated heterocycles. The van der Waals surface area contributed by atoms with Crippen molar-refractivity contribution in [2.24, 2.45) is 5.10 Å². The fraction of sp³-hybridized carbons (Fsp3) is 0.105. The lowest BCUT2D eigenvalue weighted by Crippen LogP contribution is -2.18. The van der Waals surface area contributed by atoms with Crippen LogP contribution in [-0.2, 0) is 16.6 Å². The molecule has 1 aromatic heterocycles. The van der Waals surface area contributed by atoms with Crippen LogP contribution in [-0.4, -0.2) is 14.6 Å². The van der Waals surface area contributed by atoms with Crippen LogP contribution in [0.25, 0.3) is 0 Å². The highest BCUT2D eigenvalue weighted by atomic mass is 35.5. The quantitative estimate of drug-likeness (QED) is 0.474. The number of ether oxygens (including phenoxy) is 1. The number of benzene rings is 2. The van der Waals surface area contributed by atoms with Crippen LogP contribution in [0.15, 0.2) is 75.1 Å². The second-order valence-electron chi connectivity index (χ2n) is 5.72. The average Bonchev–Trinajstić information content (AvgIpc) is 3.08. The molecular formula is C19H17ClN2O4S. The summed E-state index contributed by atoms with van der Waals surface area (Å²) in [6, 6.07) is 16.9. The summed E-state index contributed by atoms with van der Waals surface area (Å²) < 4.78 is 35.4. The van der Waals surface area contributed by atoms with Gasteiger partial charge in [0.15, 0.2) is 0 Å². The molecule has 0 radical (unpaired) electrons. The number of hydrogen-bond acceptors (Lipinski definition) is 5. The fourth-order valence-electron chi connectivity index (χ4n) is 2.18. The maximum absolute atomic E-state index is 12.1. The smallest absolute Gasteiger partial charge is 0.276 e. The van der Waals surface area contributed by atoms with Crippen molar-refractivity contribution >= 4 is 27.8 Å². The van der Waals surface area contributed by atoms with E-state index in [2.05, 4.69) is 9.93 Å². The van der Waals surface area contributed by atoms with Gasteiger partial charge >= 0.3 is 0 Å². The van der Waals surface area contributed by atoms with Gasteiger partial charge in [-0.15, -0.1) is 0 Å². The number of furan rings is 1. The van der Waals surface area contributed by atoms with Crippen LogP contribution in [0.4, 0.5) is 0 Å². The molecule has 1 N–H and O–H groups in total. The van der Waals surface area contributed by atoms with Crippen molar-refractivity contribution in [3.8, 4) is 5.75 Å². The predicted molar refractivity (Wildman–Crippen MR) is 104 cm³/mol. The Morgan fingerprint density at radius 1 is 1.15 bits per heavy atom. The highest BCUT2D eigenvalue weighted by molar-refractivity contribution is 7.89. The lowest BCUT2D eigenvalue weighted by atomic mass is 10.2. The lowest BCUT2D eigenvalue weighted by molar-refractivity contribution is 0.270. The maximum Gasteiger partial charge on any atom is 0.276 e. The van der Waals surface area contributed by atoms with Crippen LogP contribution in [0, 0.1) is 6.92 Å². The van der Waals surface area contributed by atoms with Gasteiger partial charge in [0, 0.05) is 5.02 Å². The van der Waals surface area contributed by atoms with Crippen LogP contribution >= 0.6 is 11.6 Å². The fourth-order valence-corrected chi connectivity index (χ4v) is 3.15. The highest BCUT2D eigenvalue weighted by Crippen LogP contribution is 2.19. The second-order valence-corrected chi connectivity index (χ2v) is 7.81. The van der Waals surface area contributed by atoms with E-state index in [0.29, 0.717) is 22.3 Å². The Kier molecular flexibility index (Phi) is 5.83. The topological polar surface area (TPSA) is 80.9 Å². The molecule has 140 valence electrons. The molecule has 0 aliphatic rings. The number of rotatable bonds is 7. The molecule has 2 aromatic carbocycles. The minimum Gasteiger partial charge on any atom is -0.486 e. The molecule has 3 aromatic rings. The predicted octanol–water partition coefficient (Wildman–Crippen LogP) is 4.13. The summed E-state index contributed by atoms with van der Waals surface area (Å²) in [4.78, 5) is 2.29. The molecule has 0 amide bonds. The van der Waals surface area contributed by atoms with E-state index in [0.717, 1.165) is 5.56 Å². The first-order valence-corrected chi connectivity index (χ1v) is 9.87. The third-order valence-corrected chi connectivity index (χ3v) is 5.03. The van der Waals surface area contributed by atoms with E-state index in [4.69, 9.17) is 20.8 Å². The summed E-state index contributed by atoms with van der Waals surface area (Å²) in [5.74, 6) is 1.59. The molecule has 0 fully saturated rings. The third kappa shape index (κ3) is 5.35. The van der Waals surface area contributed by atoms with E-state index in [1.807, 2.05) is 6.92 Å². The van der Waals surface area contributed by atoms with Crippen LogP contribution in [0.2, 0.25) is 5.02 Å². The Hall–Kier alpha value is -2.77. The van der Waals surface area contributed by atoms with Crippen LogP contribution in [0.5, 0.6) is 5.75 Å². The number of sulfonamides is 1. The number of nitrogens with one attached hydrogen (secondary N) is 1. The lowest BCUT2D eigenvalue weighted by Gasteiger charge is -2.04. The summed E-state index contributed by atoms with van der Waals surface area (Å²) in [5.41, 5.74) is 0.973. The van der Waals surface area contributed by atoms with Crippen molar-refractivity contribution in [3.05, 3.63) is 82.8 Å². The zero-order valence-electron chi connectivity index (χ0n) is 14.4. The first kappa shape index (κ1) is 19.0. The van der Waals surface area contributed by atoms with Crippen LogP contribution < -0.4 is 9.57 Å². The van der Waals surface area contributed by atoms with E-state index in [1.165, 1.54) is 18.3 Å². The molecule has 27 heavy (non-hydrogen) atoms. The second kappa shape index (κ2) is 8.28. The summed E-state index contributed by atoms with van der Waals surface area (Å²) in [5, 5.41) is 4.32. The van der Waals surface area contributed by atoms with Gasteiger partial charge in [-0.25, -0.2) is 0 Å². The van der Waals surface area contributed by atoms with Crippen LogP contribution in [0.3, 0.4) is 0 Å². The SMILES string of the molecule is Cc1ccc(S(=O)(=O)N/N=C\c2ccc(COc3cccc(Cl)c3)o2)cc1. The number of aryl methyl sites for hydroxylation is 1. The van der Waals surface area contributed by atoms with E-state index < -0.39 is 10.0 Å². The van der Waals surface area contributed by atoms with Gasteiger partial charge in [-0.05, 0) is 49.4 Å². The Balaban J connectivity index is 1.57. The zero-order valence-corrected chi connectivity index (χ0v) is 16.0. The molecular weight excluding hydrogens is 388 g/mol. The first-order valence-electron chi connectivity index (χ1n) is 8.01. The standard InChI is InChI=1S/C19H17ClN2O4S/c1-14-5-9-19(10-6-14)27(23,24)22-21-12-17-7-8-18(26-17)13-25-16-4-2-3-15(20)11-16/h2-12,22H,13H2,1H3/b21-12-. The van der Waals surface area contributed by atoms with Gasteiger partial charge in [-0.2, -0.15) is 18.4 Å². The Labute approximate surface area is 162 Å².